The van der Waals surface area contributed by atoms with E-state index in [1.807, 2.05) is 13.1 Å². The number of aromatic nitrogens is 2. The van der Waals surface area contributed by atoms with E-state index in [4.69, 9.17) is 16.2 Å². The van der Waals surface area contributed by atoms with Crippen LogP contribution in [-0.4, -0.2) is 34.8 Å². The number of aryl methyl sites for hydroxylation is 1. The van der Waals surface area contributed by atoms with Crippen molar-refractivity contribution in [2.75, 3.05) is 13.1 Å². The minimum absolute atomic E-state index is 0.205. The normalized spacial score (nSPS) is 26.3. The monoisotopic (exact) mass is 291 g/mol. The van der Waals surface area contributed by atoms with Crippen LogP contribution in [0.25, 0.3) is 0 Å². The summed E-state index contributed by atoms with van der Waals surface area (Å²) in [5.74, 6) is -0.0960. The third-order valence-electron chi connectivity index (χ3n) is 3.66. The van der Waals surface area contributed by atoms with Crippen molar-refractivity contribution < 1.29 is 4.74 Å². The molecule has 8 heteroatoms. The van der Waals surface area contributed by atoms with E-state index in [1.165, 1.54) is 0 Å². The molecule has 1 aromatic heterocycles. The van der Waals surface area contributed by atoms with Gasteiger partial charge in [-0.25, -0.2) is 9.67 Å². The number of nitrogens with two attached hydrogens (primary N) is 2. The first-order valence-corrected chi connectivity index (χ1v) is 7.07. The van der Waals surface area contributed by atoms with Crippen LogP contribution in [0.3, 0.4) is 0 Å². The number of nitrogens with one attached hydrogen (secondary N) is 2. The lowest BCUT2D eigenvalue weighted by atomic mass is 10.1. The zero-order valence-electron chi connectivity index (χ0n) is 12.0. The molecule has 2 aliphatic rings. The maximum atomic E-state index is 6.21. The van der Waals surface area contributed by atoms with Crippen LogP contribution in [0.2, 0.25) is 0 Å². The molecule has 1 atom stereocenters. The van der Waals surface area contributed by atoms with Crippen molar-refractivity contribution in [1.82, 2.24) is 20.4 Å². The molecular formula is C13H21N7O. The molecule has 0 spiro atoms. The molecule has 8 nitrogen and oxygen atoms in total. The molecule has 0 aliphatic carbocycles. The van der Waals surface area contributed by atoms with Gasteiger partial charge in [0.05, 0.1) is 0 Å². The predicted octanol–water partition coefficient (Wildman–Crippen LogP) is -0.906. The van der Waals surface area contributed by atoms with E-state index in [0.29, 0.717) is 17.4 Å². The lowest BCUT2D eigenvalue weighted by molar-refractivity contribution is 0.149. The van der Waals surface area contributed by atoms with Gasteiger partial charge in [-0.3, -0.25) is 5.73 Å². The van der Waals surface area contributed by atoms with E-state index in [-0.39, 0.29) is 6.10 Å². The van der Waals surface area contributed by atoms with E-state index >= 15 is 0 Å². The summed E-state index contributed by atoms with van der Waals surface area (Å²) in [4.78, 5) is 4.22. The SMILES string of the molecule is Cn1nc(C2(N)N=C(N)C=CN2)cc1OC1CCNCC1. The van der Waals surface area contributed by atoms with Gasteiger partial charge in [0.2, 0.25) is 11.7 Å². The van der Waals surface area contributed by atoms with E-state index in [0.717, 1.165) is 25.9 Å². The Balaban J connectivity index is 1.79. The van der Waals surface area contributed by atoms with Gasteiger partial charge in [0.1, 0.15) is 17.6 Å². The van der Waals surface area contributed by atoms with Crippen molar-refractivity contribution in [3.8, 4) is 5.88 Å². The Labute approximate surface area is 123 Å². The summed E-state index contributed by atoms with van der Waals surface area (Å²) in [5, 5.41) is 10.7. The molecule has 0 aromatic carbocycles. The molecule has 1 fully saturated rings. The molecule has 114 valence electrons. The summed E-state index contributed by atoms with van der Waals surface area (Å²) in [5.41, 5.74) is 12.5. The summed E-state index contributed by atoms with van der Waals surface area (Å²) >= 11 is 0. The molecule has 6 N–H and O–H groups in total. The summed E-state index contributed by atoms with van der Waals surface area (Å²) in [7, 11) is 1.83. The topological polar surface area (TPSA) is 116 Å². The van der Waals surface area contributed by atoms with Crippen LogP contribution in [0.15, 0.2) is 23.3 Å². The molecule has 1 unspecified atom stereocenters. The van der Waals surface area contributed by atoms with Gasteiger partial charge in [-0.1, -0.05) is 0 Å². The van der Waals surface area contributed by atoms with Gasteiger partial charge in [0.15, 0.2) is 0 Å². The third kappa shape index (κ3) is 2.86. The number of hydrogen-bond donors (Lipinski definition) is 4. The van der Waals surface area contributed by atoms with E-state index in [1.54, 1.807) is 17.0 Å². The van der Waals surface area contributed by atoms with Crippen LogP contribution in [0.4, 0.5) is 0 Å². The number of ether oxygens (including phenoxy) is 1. The maximum Gasteiger partial charge on any atom is 0.230 e. The number of aliphatic imine (C=N–C) groups is 1. The molecule has 1 saturated heterocycles. The number of hydrogen-bond acceptors (Lipinski definition) is 7. The summed E-state index contributed by atoms with van der Waals surface area (Å²) in [6.07, 6.45) is 5.50. The zero-order chi connectivity index (χ0) is 14.9. The average molecular weight is 291 g/mol. The quantitative estimate of drug-likeness (QED) is 0.573. The largest absolute Gasteiger partial charge is 0.474 e. The molecule has 21 heavy (non-hydrogen) atoms. The second-order valence-corrected chi connectivity index (χ2v) is 5.34. The molecule has 0 radical (unpaired) electrons. The van der Waals surface area contributed by atoms with Crippen molar-refractivity contribution >= 4 is 5.84 Å². The van der Waals surface area contributed by atoms with Crippen LogP contribution in [0.5, 0.6) is 5.88 Å². The summed E-state index contributed by atoms with van der Waals surface area (Å²) in [6, 6.07) is 1.81. The standard InChI is InChI=1S/C13H21N7O/c1-20-12(21-9-2-5-16-6-3-9)8-10(19-20)13(15)17-7-4-11(14)18-13/h4,7-9,16-17H,2-3,5-6,15H2,1H3,(H2,14,18). The highest BCUT2D eigenvalue weighted by atomic mass is 16.5. The van der Waals surface area contributed by atoms with E-state index < -0.39 is 5.79 Å². The van der Waals surface area contributed by atoms with Gasteiger partial charge in [-0.2, -0.15) is 5.10 Å². The molecule has 0 amide bonds. The molecular weight excluding hydrogens is 270 g/mol. The summed E-state index contributed by atoms with van der Waals surface area (Å²) in [6.45, 7) is 1.95. The Morgan fingerprint density at radius 1 is 1.43 bits per heavy atom. The van der Waals surface area contributed by atoms with Crippen LogP contribution in [0, 0.1) is 0 Å². The lowest BCUT2D eigenvalue weighted by Crippen LogP contribution is -2.49. The van der Waals surface area contributed by atoms with Gasteiger partial charge >= 0.3 is 0 Å². The van der Waals surface area contributed by atoms with E-state index in [2.05, 4.69) is 20.7 Å². The van der Waals surface area contributed by atoms with Gasteiger partial charge in [-0.05, 0) is 32.0 Å². The predicted molar refractivity (Wildman–Crippen MR) is 79.5 cm³/mol. The second-order valence-electron chi connectivity index (χ2n) is 5.34. The number of rotatable bonds is 3. The fourth-order valence-corrected chi connectivity index (χ4v) is 2.49. The molecule has 0 bridgehead atoms. The Hall–Kier alpha value is -2.06. The average Bonchev–Trinajstić information content (AvgIpc) is 2.82. The molecule has 0 saturated carbocycles. The van der Waals surface area contributed by atoms with Crippen LogP contribution < -0.4 is 26.8 Å². The van der Waals surface area contributed by atoms with Crippen molar-refractivity contribution in [2.45, 2.75) is 24.7 Å². The number of nitrogens with zero attached hydrogens (tertiary/aromatic N) is 3. The van der Waals surface area contributed by atoms with Crippen molar-refractivity contribution in [2.24, 2.45) is 23.5 Å². The smallest absolute Gasteiger partial charge is 0.230 e. The Kier molecular flexibility index (Phi) is 3.56. The molecule has 3 heterocycles. The van der Waals surface area contributed by atoms with Gasteiger partial charge in [-0.15, -0.1) is 0 Å². The van der Waals surface area contributed by atoms with Crippen molar-refractivity contribution in [1.29, 1.82) is 0 Å². The van der Waals surface area contributed by atoms with Gasteiger partial charge in [0, 0.05) is 19.3 Å². The fourth-order valence-electron chi connectivity index (χ4n) is 2.49. The third-order valence-corrected chi connectivity index (χ3v) is 3.66. The zero-order valence-corrected chi connectivity index (χ0v) is 12.0. The van der Waals surface area contributed by atoms with Crippen LogP contribution >= 0.6 is 0 Å². The summed E-state index contributed by atoms with van der Waals surface area (Å²) < 4.78 is 7.69. The Morgan fingerprint density at radius 2 is 2.19 bits per heavy atom. The lowest BCUT2D eigenvalue weighted by Gasteiger charge is -2.26. The van der Waals surface area contributed by atoms with E-state index in [9.17, 15) is 0 Å². The van der Waals surface area contributed by atoms with Crippen molar-refractivity contribution in [3.05, 3.63) is 24.0 Å². The van der Waals surface area contributed by atoms with Crippen molar-refractivity contribution in [3.63, 3.8) is 0 Å². The number of piperidine rings is 1. The second kappa shape index (κ2) is 5.38. The first-order chi connectivity index (χ1) is 10.1. The fraction of sp³-hybridized carbons (Fsp3) is 0.538. The minimum atomic E-state index is -1.15. The molecule has 1 aromatic rings. The van der Waals surface area contributed by atoms with Gasteiger partial charge < -0.3 is 21.1 Å². The molecule has 3 rings (SSSR count). The van der Waals surface area contributed by atoms with Crippen LogP contribution in [0.1, 0.15) is 18.5 Å². The first-order valence-electron chi connectivity index (χ1n) is 7.07. The Morgan fingerprint density at radius 3 is 2.90 bits per heavy atom. The highest BCUT2D eigenvalue weighted by molar-refractivity contribution is 5.92. The first kappa shape index (κ1) is 13.9. The number of amidine groups is 1. The van der Waals surface area contributed by atoms with Gasteiger partial charge in [0.25, 0.3) is 0 Å². The highest BCUT2D eigenvalue weighted by Gasteiger charge is 2.32. The van der Waals surface area contributed by atoms with Crippen LogP contribution in [-0.2, 0) is 12.8 Å². The Bertz CT molecular complexity index is 573. The minimum Gasteiger partial charge on any atom is -0.474 e. The maximum absolute atomic E-state index is 6.21. The highest BCUT2D eigenvalue weighted by Crippen LogP contribution is 2.24. The molecule has 2 aliphatic heterocycles.